The van der Waals surface area contributed by atoms with Crippen LogP contribution in [0.3, 0.4) is 0 Å². The number of aromatic nitrogens is 2. The van der Waals surface area contributed by atoms with Crippen molar-refractivity contribution in [1.29, 1.82) is 0 Å². The zero-order valence-corrected chi connectivity index (χ0v) is 56.7. The van der Waals surface area contributed by atoms with Crippen molar-refractivity contribution in [3.8, 4) is 5.75 Å². The van der Waals surface area contributed by atoms with Crippen molar-refractivity contribution in [2.75, 3.05) is 31.1 Å². The number of aromatic amines is 2. The number of H-pyrrole nitrogens is 2. The zero-order chi connectivity index (χ0) is 71.0. The van der Waals surface area contributed by atoms with E-state index in [1.165, 1.54) is 129 Å². The molecule has 0 spiro atoms. The second kappa shape index (κ2) is 33.9. The number of hydrogen-bond acceptors (Lipinski definition) is 15. The molecule has 24 nitrogen and oxygen atoms in total. The predicted molar refractivity (Wildman–Crippen MR) is 367 cm³/mol. The largest absolute Gasteiger partial charge is 0.508 e. The van der Waals surface area contributed by atoms with Crippen LogP contribution in [0.2, 0.25) is 0 Å². The van der Waals surface area contributed by atoms with Crippen LogP contribution in [0.5, 0.6) is 5.75 Å². The number of carboxylic acids is 1. The molecule has 6 aromatic rings. The van der Waals surface area contributed by atoms with E-state index in [4.69, 9.17) is 11.5 Å². The first-order valence-corrected chi connectivity index (χ1v) is 34.8. The van der Waals surface area contributed by atoms with Crippen molar-refractivity contribution in [2.24, 2.45) is 28.7 Å². The molecule has 98 heavy (non-hydrogen) atoms. The maximum absolute atomic E-state index is 15.2. The standard InChI is InChI=1S/C70H85F2N11O13S2/c1-39-62(89)81-57(26-40-12-16-48(84)17-13-40)66(93)83-23-8-21-70(83,4)67(94)82-58(61(74)88)38-98-37-42-10-7-9-41(25-42)36-97-24-20-60(87)79-55(11-5-6-22-73)65(92)77-35-49(85)28-43(27-44-33-75-53-18-14-46(71)30-50(44)53)63(90)80-56(29-45-34-76-54-19-15-47(72)31-51(45)54)59(86)32-52(64(91)78-39)69(2,3)68(95)96/h7,9-10,12-19,25,30-31,33-34,39,43,52,55-58,75-76,84H,5-6,8,11,20-24,26-29,32,35-38,73H2,1-4H3,(H2,74,88)(H,77,92)(H,78,91)(H,79,87)(H,80,90)(H,81,89)(H,82,94)(H,95,96)/t39-,43-,52-,55+,56+,57+,58+,70+/m1/s1. The molecule has 0 unspecified atom stereocenters. The molecule has 8 atom stereocenters. The molecule has 2 aliphatic heterocycles. The smallest absolute Gasteiger partial charge is 0.309 e. The quantitative estimate of drug-likeness (QED) is 0.0673. The van der Waals surface area contributed by atoms with Gasteiger partial charge in [-0.15, -0.1) is 0 Å². The number of aromatic hydroxyl groups is 1. The van der Waals surface area contributed by atoms with E-state index >= 15 is 14.4 Å². The number of ketones is 2. The molecule has 28 heteroatoms. The third-order valence-electron chi connectivity index (χ3n) is 18.2. The van der Waals surface area contributed by atoms with E-state index in [2.05, 4.69) is 41.9 Å². The first-order chi connectivity index (χ1) is 46.6. The average molecular weight is 1390 g/mol. The maximum Gasteiger partial charge on any atom is 0.309 e. The van der Waals surface area contributed by atoms with Crippen LogP contribution in [0.1, 0.15) is 107 Å². The number of halogens is 2. The van der Waals surface area contributed by atoms with E-state index in [0.29, 0.717) is 81.6 Å². The Morgan fingerprint density at radius 1 is 0.714 bits per heavy atom. The van der Waals surface area contributed by atoms with Gasteiger partial charge in [-0.3, -0.25) is 52.7 Å². The zero-order valence-electron chi connectivity index (χ0n) is 55.1. The highest BCUT2D eigenvalue weighted by atomic mass is 32.2. The molecule has 2 aliphatic rings. The molecule has 4 heterocycles. The molecule has 4 aromatic carbocycles. The van der Waals surface area contributed by atoms with E-state index in [1.807, 2.05) is 24.3 Å². The Morgan fingerprint density at radius 3 is 1.98 bits per heavy atom. The number of phenols is 1. The number of carbonyl (C=O) groups is 11. The molecule has 0 saturated carbocycles. The first kappa shape index (κ1) is 74.6. The Kier molecular flexibility index (Phi) is 25.8. The topological polar surface area (TPSA) is 387 Å². The Hall–Kier alpha value is -9.15. The number of nitrogens with zero attached hydrogens (tertiary/aromatic N) is 1. The van der Waals surface area contributed by atoms with Gasteiger partial charge in [-0.1, -0.05) is 36.4 Å². The summed E-state index contributed by atoms with van der Waals surface area (Å²) in [5.74, 6) is -12.5. The highest BCUT2D eigenvalue weighted by Gasteiger charge is 2.49. The number of aliphatic carboxylic acids is 1. The first-order valence-electron chi connectivity index (χ1n) is 32.5. The highest BCUT2D eigenvalue weighted by molar-refractivity contribution is 7.98. The number of nitrogens with one attached hydrogen (secondary N) is 8. The van der Waals surface area contributed by atoms with Crippen LogP contribution in [-0.4, -0.2) is 157 Å². The fourth-order valence-corrected chi connectivity index (χ4v) is 14.1. The van der Waals surface area contributed by atoms with Gasteiger partial charge < -0.3 is 68.4 Å². The van der Waals surface area contributed by atoms with Gasteiger partial charge in [-0.05, 0) is 149 Å². The third-order valence-corrected chi connectivity index (χ3v) is 20.3. The van der Waals surface area contributed by atoms with Gasteiger partial charge in [0.05, 0.1) is 23.9 Å². The van der Waals surface area contributed by atoms with Crippen molar-refractivity contribution in [3.05, 3.63) is 137 Å². The summed E-state index contributed by atoms with van der Waals surface area (Å²) in [6, 6.07) is 14.4. The Bertz CT molecular complexity index is 3940. The number of nitrogens with two attached hydrogens (primary N) is 2. The number of primary amides is 1. The van der Waals surface area contributed by atoms with Gasteiger partial charge in [0, 0.05) is 102 Å². The number of thioether (sulfide) groups is 2. The lowest BCUT2D eigenvalue weighted by atomic mass is 9.74. The lowest BCUT2D eigenvalue weighted by Gasteiger charge is -2.37. The number of carbonyl (C=O) groups excluding carboxylic acids is 10. The minimum Gasteiger partial charge on any atom is -0.508 e. The van der Waals surface area contributed by atoms with E-state index < -0.39 is 149 Å². The molecule has 8 amide bonds. The van der Waals surface area contributed by atoms with Crippen molar-refractivity contribution in [2.45, 2.75) is 146 Å². The van der Waals surface area contributed by atoms with Gasteiger partial charge in [-0.2, -0.15) is 23.5 Å². The van der Waals surface area contributed by atoms with Gasteiger partial charge in [-0.25, -0.2) is 8.78 Å². The van der Waals surface area contributed by atoms with E-state index in [0.717, 1.165) is 11.1 Å². The summed E-state index contributed by atoms with van der Waals surface area (Å²) in [5, 5.41) is 37.7. The molecule has 0 radical (unpaired) electrons. The number of Topliss-reactive ketones (excluding diaryl/α,β-unsaturated/α-hetero) is 2. The van der Waals surface area contributed by atoms with Crippen LogP contribution < -0.4 is 43.4 Å². The van der Waals surface area contributed by atoms with Gasteiger partial charge in [0.1, 0.15) is 47.1 Å². The molecular weight excluding hydrogens is 1300 g/mol. The molecule has 2 aromatic heterocycles. The number of amides is 8. The number of carboxylic acid groups (broad SMARTS) is 1. The van der Waals surface area contributed by atoms with Crippen LogP contribution in [-0.2, 0) is 83.5 Å². The second-order valence-electron chi connectivity index (χ2n) is 25.9. The SMILES string of the molecule is C[C@H]1NC(=O)[C@H](C(C)(C)C(=O)O)CC(=O)[C@H](Cc2c[nH]c3ccc(F)cc23)NC(=O)[C@H](Cc2c[nH]c3ccc(F)cc23)CC(=O)CNC(=O)[C@H](CCCCN)NC(=O)CCSCc2cccc(c2)CSC[C@@H](C(N)=O)NC(=O)[C@]2(C)CCCN2C(=O)[C@H](Cc2ccc(O)cc2)NC1=O. The van der Waals surface area contributed by atoms with E-state index in [-0.39, 0.29) is 56.6 Å². The fourth-order valence-electron chi connectivity index (χ4n) is 12.2. The van der Waals surface area contributed by atoms with Crippen molar-refractivity contribution >= 4 is 110 Å². The van der Waals surface area contributed by atoms with Crippen LogP contribution in [0.4, 0.5) is 8.78 Å². The van der Waals surface area contributed by atoms with Gasteiger partial charge >= 0.3 is 5.97 Å². The molecule has 1 fully saturated rings. The second-order valence-corrected chi connectivity index (χ2v) is 28.0. The molecule has 14 N–H and O–H groups in total. The average Bonchev–Trinajstić information content (AvgIpc) is 1.58. The van der Waals surface area contributed by atoms with Crippen LogP contribution in [0.25, 0.3) is 21.8 Å². The summed E-state index contributed by atoms with van der Waals surface area (Å²) in [6.07, 6.45) is 2.39. The fraction of sp³-hybridized carbons (Fsp3) is 0.443. The van der Waals surface area contributed by atoms with Crippen LogP contribution in [0.15, 0.2) is 97.3 Å². The maximum atomic E-state index is 15.2. The third kappa shape index (κ3) is 19.6. The molecule has 8 rings (SSSR count). The summed E-state index contributed by atoms with van der Waals surface area (Å²) in [6.45, 7) is 4.92. The van der Waals surface area contributed by atoms with Crippen molar-refractivity contribution in [3.63, 3.8) is 0 Å². The van der Waals surface area contributed by atoms with Crippen molar-refractivity contribution < 1.29 is 71.7 Å². The molecule has 0 aliphatic carbocycles. The number of fused-ring (bicyclic) bond motifs is 5. The summed E-state index contributed by atoms with van der Waals surface area (Å²) >= 11 is 2.81. The monoisotopic (exact) mass is 1390 g/mol. The summed E-state index contributed by atoms with van der Waals surface area (Å²) < 4.78 is 29.8. The molecule has 2 bridgehead atoms. The Labute approximate surface area is 573 Å². The van der Waals surface area contributed by atoms with Gasteiger partial charge in [0.2, 0.25) is 47.3 Å². The summed E-state index contributed by atoms with van der Waals surface area (Å²) in [7, 11) is 0. The molecule has 524 valence electrons. The number of benzene rings is 4. The predicted octanol–water partition coefficient (Wildman–Crippen LogP) is 5.05. The lowest BCUT2D eigenvalue weighted by molar-refractivity contribution is -0.155. The van der Waals surface area contributed by atoms with Gasteiger partial charge in [0.25, 0.3) is 0 Å². The highest BCUT2D eigenvalue weighted by Crippen LogP contribution is 2.34. The normalized spacial score (nSPS) is 23.4. The minimum absolute atomic E-state index is 0.0293. The van der Waals surface area contributed by atoms with E-state index in [9.17, 15) is 57.4 Å². The number of rotatable bonds is 13. The summed E-state index contributed by atoms with van der Waals surface area (Å²) in [4.78, 5) is 164. The van der Waals surface area contributed by atoms with Gasteiger partial charge in [0.15, 0.2) is 11.6 Å². The van der Waals surface area contributed by atoms with Crippen LogP contribution in [0, 0.1) is 28.9 Å². The van der Waals surface area contributed by atoms with E-state index in [1.54, 1.807) is 0 Å². The van der Waals surface area contributed by atoms with Crippen molar-refractivity contribution in [1.82, 2.24) is 46.8 Å². The Balaban J connectivity index is 1.13. The number of unbranched alkanes of at least 4 members (excludes halogenated alkanes) is 1. The molecule has 1 saturated heterocycles. The lowest BCUT2D eigenvalue weighted by Crippen LogP contribution is -2.63. The minimum atomic E-state index is -2.09. The van der Waals surface area contributed by atoms with Crippen LogP contribution >= 0.6 is 23.5 Å². The number of hydrogen-bond donors (Lipinski definition) is 12. The molecular formula is C70H85F2N11O13S2. The Morgan fingerprint density at radius 2 is 1.35 bits per heavy atom. The number of phenolic OH excluding ortho intramolecular Hbond substituents is 1. The summed E-state index contributed by atoms with van der Waals surface area (Å²) in [5.41, 5.74) is 11.9.